The summed E-state index contributed by atoms with van der Waals surface area (Å²) in [6, 6.07) is 24.2. The van der Waals surface area contributed by atoms with Gasteiger partial charge in [0.15, 0.2) is 0 Å². The zero-order valence-electron chi connectivity index (χ0n) is 16.6. The summed E-state index contributed by atoms with van der Waals surface area (Å²) < 4.78 is 0. The van der Waals surface area contributed by atoms with Crippen molar-refractivity contribution in [2.24, 2.45) is 4.99 Å². The molecule has 0 bridgehead atoms. The van der Waals surface area contributed by atoms with Gasteiger partial charge in [-0.25, -0.2) is 0 Å². The summed E-state index contributed by atoms with van der Waals surface area (Å²) in [6.07, 6.45) is 3.51. The summed E-state index contributed by atoms with van der Waals surface area (Å²) >= 11 is 1.81. The lowest BCUT2D eigenvalue weighted by Gasteiger charge is -2.11. The van der Waals surface area contributed by atoms with E-state index in [1.54, 1.807) is 12.3 Å². The average Bonchev–Trinajstić information content (AvgIpc) is 3.06. The second-order valence-corrected chi connectivity index (χ2v) is 8.55. The highest BCUT2D eigenvalue weighted by Crippen LogP contribution is 2.44. The van der Waals surface area contributed by atoms with Crippen LogP contribution < -0.4 is 0 Å². The van der Waals surface area contributed by atoms with E-state index in [0.29, 0.717) is 0 Å². The van der Waals surface area contributed by atoms with Crippen LogP contribution in [0.15, 0.2) is 84.4 Å². The number of aliphatic imine (C=N–C) groups is 1. The largest absolute Gasteiger partial charge is 0.255 e. The van der Waals surface area contributed by atoms with Crippen LogP contribution >= 0.6 is 11.3 Å². The number of thiophene rings is 1. The quantitative estimate of drug-likeness (QED) is 0.216. The molecule has 0 N–H and O–H groups in total. The molecule has 0 atom stereocenters. The third kappa shape index (κ3) is 2.80. The fraction of sp³-hybridized carbons (Fsp3) is 0.0741. The topological polar surface area (TPSA) is 12.4 Å². The number of nitrogens with zero attached hydrogens (tertiary/aromatic N) is 1. The molecule has 0 aliphatic heterocycles. The maximum atomic E-state index is 4.68. The van der Waals surface area contributed by atoms with Crippen LogP contribution in [0.2, 0.25) is 0 Å². The smallest absolute Gasteiger partial charge is 0.0847 e. The molecule has 1 aromatic heterocycles. The minimum atomic E-state index is 1.05. The van der Waals surface area contributed by atoms with Gasteiger partial charge >= 0.3 is 0 Å². The number of benzene rings is 4. The van der Waals surface area contributed by atoms with Crippen LogP contribution in [-0.2, 0) is 0 Å². The average molecular weight is 392 g/mol. The minimum Gasteiger partial charge on any atom is -0.255 e. The van der Waals surface area contributed by atoms with Crippen LogP contribution in [0, 0.1) is 13.8 Å². The maximum absolute atomic E-state index is 4.68. The molecule has 140 valence electrons. The second-order valence-electron chi connectivity index (χ2n) is 7.33. The number of aryl methyl sites for hydroxylation is 1. The summed E-state index contributed by atoms with van der Waals surface area (Å²) in [6.45, 7) is 8.09. The van der Waals surface area contributed by atoms with Crippen molar-refractivity contribution < 1.29 is 0 Å². The third-order valence-electron chi connectivity index (χ3n) is 5.67. The molecule has 0 amide bonds. The molecule has 0 fully saturated rings. The van der Waals surface area contributed by atoms with Gasteiger partial charge in [0, 0.05) is 11.1 Å². The van der Waals surface area contributed by atoms with E-state index in [4.69, 9.17) is 0 Å². The van der Waals surface area contributed by atoms with Crippen molar-refractivity contribution in [2.45, 2.75) is 13.8 Å². The summed E-state index contributed by atoms with van der Waals surface area (Å²) in [5.41, 5.74) is 3.51. The molecule has 0 saturated carbocycles. The van der Waals surface area contributed by atoms with Crippen LogP contribution in [-0.4, -0.2) is 6.21 Å². The van der Waals surface area contributed by atoms with Gasteiger partial charge in [-0.3, -0.25) is 4.99 Å². The highest BCUT2D eigenvalue weighted by molar-refractivity contribution is 7.16. The predicted octanol–water partition coefficient (Wildman–Crippen LogP) is 8.38. The fourth-order valence-electron chi connectivity index (χ4n) is 4.14. The standard InChI is InChI=1S/C27H21NS/c1-4-15-28-26-17(2)18(3)29-27(26)19-13-14-24-22-11-6-5-9-20(22)21-10-7-8-12-23(21)25(24)16-19/h4-16H,1H2,2-3H3/b28-15-. The Labute approximate surface area is 174 Å². The van der Waals surface area contributed by atoms with Crippen LogP contribution in [0.5, 0.6) is 0 Å². The van der Waals surface area contributed by atoms with Crippen molar-refractivity contribution in [3.63, 3.8) is 0 Å². The number of fused-ring (bicyclic) bond motifs is 6. The Kier molecular flexibility index (Phi) is 4.30. The summed E-state index contributed by atoms with van der Waals surface area (Å²) in [5.74, 6) is 0. The molecule has 1 heterocycles. The van der Waals surface area contributed by atoms with Crippen LogP contribution in [0.4, 0.5) is 5.69 Å². The number of rotatable bonds is 3. The molecule has 4 aromatic carbocycles. The van der Waals surface area contributed by atoms with E-state index in [-0.39, 0.29) is 0 Å². The molecule has 0 saturated heterocycles. The summed E-state index contributed by atoms with van der Waals surface area (Å²) in [4.78, 5) is 7.21. The van der Waals surface area contributed by atoms with Gasteiger partial charge in [0.1, 0.15) is 0 Å². The summed E-state index contributed by atoms with van der Waals surface area (Å²) in [7, 11) is 0. The molecule has 0 unspecified atom stereocenters. The van der Waals surface area contributed by atoms with E-state index in [0.717, 1.165) is 5.69 Å². The van der Waals surface area contributed by atoms with E-state index in [9.17, 15) is 0 Å². The Morgan fingerprint density at radius 1 is 0.759 bits per heavy atom. The second kappa shape index (κ2) is 6.98. The van der Waals surface area contributed by atoms with E-state index < -0.39 is 0 Å². The van der Waals surface area contributed by atoms with Crippen LogP contribution in [0.3, 0.4) is 0 Å². The first kappa shape index (κ1) is 17.8. The fourth-order valence-corrected chi connectivity index (χ4v) is 5.25. The zero-order valence-corrected chi connectivity index (χ0v) is 17.4. The SMILES string of the molecule is C=C/C=N\c1c(-c2ccc3c4ccccc4c4ccccc4c3c2)sc(C)c1C. The molecule has 5 aromatic rings. The number of hydrogen-bond donors (Lipinski definition) is 0. The number of allylic oxidation sites excluding steroid dienone is 1. The summed E-state index contributed by atoms with van der Waals surface area (Å²) in [5, 5.41) is 7.79. The van der Waals surface area contributed by atoms with Crippen molar-refractivity contribution in [3.8, 4) is 10.4 Å². The van der Waals surface area contributed by atoms with Gasteiger partial charge < -0.3 is 0 Å². The van der Waals surface area contributed by atoms with Gasteiger partial charge in [-0.05, 0) is 63.4 Å². The Balaban J connectivity index is 1.87. The van der Waals surface area contributed by atoms with Gasteiger partial charge in [0.2, 0.25) is 0 Å². The van der Waals surface area contributed by atoms with E-state index in [1.807, 2.05) is 11.3 Å². The van der Waals surface area contributed by atoms with Crippen LogP contribution in [0.25, 0.3) is 42.8 Å². The van der Waals surface area contributed by atoms with Crippen LogP contribution in [0.1, 0.15) is 10.4 Å². The molecule has 2 heteroatoms. The van der Waals surface area contributed by atoms with E-state index >= 15 is 0 Å². The molecule has 0 spiro atoms. The predicted molar refractivity (Wildman–Crippen MR) is 130 cm³/mol. The van der Waals surface area contributed by atoms with Gasteiger partial charge in [-0.2, -0.15) is 0 Å². The molecule has 1 nitrogen and oxygen atoms in total. The maximum Gasteiger partial charge on any atom is 0.0847 e. The Bertz CT molecular complexity index is 1400. The van der Waals surface area contributed by atoms with Crippen molar-refractivity contribution in [3.05, 3.63) is 89.8 Å². The molecular weight excluding hydrogens is 370 g/mol. The van der Waals surface area contributed by atoms with Gasteiger partial charge in [-0.1, -0.05) is 73.3 Å². The first-order valence-electron chi connectivity index (χ1n) is 9.77. The number of hydrogen-bond acceptors (Lipinski definition) is 2. The molecule has 5 rings (SSSR count). The Morgan fingerprint density at radius 3 is 1.90 bits per heavy atom. The molecule has 29 heavy (non-hydrogen) atoms. The van der Waals surface area contributed by atoms with E-state index in [2.05, 4.69) is 92.1 Å². The lowest BCUT2D eigenvalue weighted by Crippen LogP contribution is -1.84. The highest BCUT2D eigenvalue weighted by Gasteiger charge is 2.15. The molecular formula is C27H21NS. The first-order valence-corrected chi connectivity index (χ1v) is 10.6. The monoisotopic (exact) mass is 391 g/mol. The van der Waals surface area contributed by atoms with Crippen molar-refractivity contribution >= 4 is 55.6 Å². The van der Waals surface area contributed by atoms with E-state index in [1.165, 1.54) is 53.2 Å². The van der Waals surface area contributed by atoms with Crippen molar-refractivity contribution in [1.29, 1.82) is 0 Å². The third-order valence-corrected chi connectivity index (χ3v) is 6.91. The highest BCUT2D eigenvalue weighted by atomic mass is 32.1. The van der Waals surface area contributed by atoms with Crippen molar-refractivity contribution in [1.82, 2.24) is 0 Å². The Morgan fingerprint density at radius 2 is 1.31 bits per heavy atom. The molecule has 0 aliphatic carbocycles. The van der Waals surface area contributed by atoms with Gasteiger partial charge in [0.25, 0.3) is 0 Å². The minimum absolute atomic E-state index is 1.05. The zero-order chi connectivity index (χ0) is 20.0. The van der Waals surface area contributed by atoms with Gasteiger partial charge in [0.05, 0.1) is 10.6 Å². The molecule has 0 radical (unpaired) electrons. The molecule has 0 aliphatic rings. The Hall–Kier alpha value is -3.23. The van der Waals surface area contributed by atoms with Crippen molar-refractivity contribution in [2.75, 3.05) is 0 Å². The normalized spacial score (nSPS) is 11.8. The lowest BCUT2D eigenvalue weighted by molar-refractivity contribution is 1.40. The lowest BCUT2D eigenvalue weighted by atomic mass is 9.93. The van der Waals surface area contributed by atoms with Gasteiger partial charge in [-0.15, -0.1) is 11.3 Å². The first-order chi connectivity index (χ1) is 14.2.